The van der Waals surface area contributed by atoms with E-state index in [-0.39, 0.29) is 17.2 Å². The Morgan fingerprint density at radius 3 is 2.53 bits per heavy atom. The van der Waals surface area contributed by atoms with Crippen molar-refractivity contribution in [1.82, 2.24) is 0 Å². The maximum absolute atomic E-state index is 13.2. The topological polar surface area (TPSA) is 52.6 Å². The average Bonchev–Trinajstić information content (AvgIpc) is 3.33. The first kappa shape index (κ1) is 23.4. The van der Waals surface area contributed by atoms with Crippen LogP contribution >= 0.6 is 23.2 Å². The van der Waals surface area contributed by atoms with Gasteiger partial charge in [-0.25, -0.2) is 0 Å². The van der Waals surface area contributed by atoms with Gasteiger partial charge in [0, 0.05) is 17.4 Å². The zero-order valence-electron chi connectivity index (χ0n) is 18.0. The highest BCUT2D eigenvalue weighted by atomic mass is 35.5. The fraction of sp³-hybridized carbons (Fsp3) is 0.667. The molecule has 6 heteroatoms. The highest BCUT2D eigenvalue weighted by Gasteiger charge is 2.49. The fourth-order valence-corrected chi connectivity index (χ4v) is 5.44. The molecule has 1 atom stereocenters. The zero-order chi connectivity index (χ0) is 21.7. The summed E-state index contributed by atoms with van der Waals surface area (Å²) >= 11 is 13.0. The maximum atomic E-state index is 13.2. The second-order valence-corrected chi connectivity index (χ2v) is 9.52. The van der Waals surface area contributed by atoms with Crippen LogP contribution in [0.1, 0.15) is 87.6 Å². The van der Waals surface area contributed by atoms with Crippen LogP contribution in [0.5, 0.6) is 5.75 Å². The van der Waals surface area contributed by atoms with E-state index in [1.807, 2.05) is 13.0 Å². The third-order valence-corrected chi connectivity index (χ3v) is 7.50. The summed E-state index contributed by atoms with van der Waals surface area (Å²) in [5.74, 6) is 0.999. The molecule has 0 aromatic heterocycles. The third-order valence-electron chi connectivity index (χ3n) is 6.65. The van der Waals surface area contributed by atoms with Gasteiger partial charge in [0.25, 0.3) is 0 Å². The molecule has 0 heterocycles. The Morgan fingerprint density at radius 1 is 1.13 bits per heavy atom. The van der Waals surface area contributed by atoms with Crippen molar-refractivity contribution in [3.63, 3.8) is 0 Å². The molecule has 3 rings (SSSR count). The number of benzene rings is 1. The summed E-state index contributed by atoms with van der Waals surface area (Å²) in [6.07, 6.45) is 9.42. The van der Waals surface area contributed by atoms with Crippen molar-refractivity contribution < 1.29 is 19.1 Å². The summed E-state index contributed by atoms with van der Waals surface area (Å²) in [4.78, 5) is 24.6. The van der Waals surface area contributed by atoms with Gasteiger partial charge >= 0.3 is 5.97 Å². The summed E-state index contributed by atoms with van der Waals surface area (Å²) in [7, 11) is 0. The van der Waals surface area contributed by atoms with E-state index in [1.54, 1.807) is 0 Å². The normalized spacial score (nSPS) is 21.1. The molecular weight excluding hydrogens is 423 g/mol. The second-order valence-electron chi connectivity index (χ2n) is 8.76. The molecule has 1 aromatic rings. The van der Waals surface area contributed by atoms with Crippen molar-refractivity contribution in [3.05, 3.63) is 27.2 Å². The summed E-state index contributed by atoms with van der Waals surface area (Å²) in [5, 5.41) is 0.673. The van der Waals surface area contributed by atoms with E-state index in [0.717, 1.165) is 44.1 Å². The lowest BCUT2D eigenvalue weighted by atomic mass is 9.73. The lowest BCUT2D eigenvalue weighted by Gasteiger charge is -2.29. The number of fused-ring (bicyclic) bond motifs is 1. The lowest BCUT2D eigenvalue weighted by molar-refractivity contribution is -0.143. The van der Waals surface area contributed by atoms with Gasteiger partial charge in [0.2, 0.25) is 0 Å². The Labute approximate surface area is 189 Å². The number of carbonyl (C=O) groups excluding carboxylic acids is 2. The second kappa shape index (κ2) is 10.4. The first-order valence-electron chi connectivity index (χ1n) is 11.2. The smallest absolute Gasteiger partial charge is 0.305 e. The summed E-state index contributed by atoms with van der Waals surface area (Å²) in [6, 6.07) is 1.92. The van der Waals surface area contributed by atoms with E-state index in [9.17, 15) is 9.59 Å². The first-order chi connectivity index (χ1) is 14.4. The molecule has 1 fully saturated rings. The summed E-state index contributed by atoms with van der Waals surface area (Å²) in [5.41, 5.74) is 1.19. The minimum absolute atomic E-state index is 0.132. The fourth-order valence-electron chi connectivity index (χ4n) is 4.94. The van der Waals surface area contributed by atoms with Gasteiger partial charge in [-0.15, -0.1) is 0 Å². The molecule has 0 bridgehead atoms. The molecule has 0 aliphatic heterocycles. The number of halogens is 2. The van der Waals surface area contributed by atoms with Crippen LogP contribution in [0.25, 0.3) is 0 Å². The molecule has 0 amide bonds. The predicted octanol–water partition coefficient (Wildman–Crippen LogP) is 6.82. The molecule has 0 spiro atoms. The minimum Gasteiger partial charge on any atom is -0.492 e. The van der Waals surface area contributed by atoms with Crippen LogP contribution in [0.15, 0.2) is 6.07 Å². The molecule has 2 aliphatic rings. The van der Waals surface area contributed by atoms with Gasteiger partial charge in [-0.1, -0.05) is 55.8 Å². The van der Waals surface area contributed by atoms with Gasteiger partial charge in [-0.05, 0) is 56.6 Å². The van der Waals surface area contributed by atoms with Crippen molar-refractivity contribution in [2.75, 3.05) is 13.2 Å². The molecule has 166 valence electrons. The molecule has 1 unspecified atom stereocenters. The summed E-state index contributed by atoms with van der Waals surface area (Å²) in [6.45, 7) is 4.87. The Kier molecular flexibility index (Phi) is 8.09. The number of esters is 1. The van der Waals surface area contributed by atoms with Crippen molar-refractivity contribution in [1.29, 1.82) is 0 Å². The van der Waals surface area contributed by atoms with Crippen LogP contribution < -0.4 is 4.74 Å². The standard InChI is InChI=1S/C24H32Cl2O4/c1-3-29-19(27)12-6-4-5-9-13-30-18-14-16-15-24(2,17-10-7-8-11-17)23(28)20(16)22(26)21(18)25/h14,17H,3-13,15H2,1-2H3. The SMILES string of the molecule is CCOC(=O)CCCCCCOc1cc2c(c(Cl)c1Cl)C(=O)C(C)(C1CCCC1)C2. The van der Waals surface area contributed by atoms with Gasteiger partial charge in [-0.2, -0.15) is 0 Å². The predicted molar refractivity (Wildman–Crippen MR) is 120 cm³/mol. The molecule has 1 aromatic carbocycles. The van der Waals surface area contributed by atoms with Crippen molar-refractivity contribution in [3.8, 4) is 5.75 Å². The van der Waals surface area contributed by atoms with E-state index < -0.39 is 0 Å². The Morgan fingerprint density at radius 2 is 1.83 bits per heavy atom. The molecular formula is C24H32Cl2O4. The van der Waals surface area contributed by atoms with Crippen molar-refractivity contribution in [2.24, 2.45) is 11.3 Å². The number of ketones is 1. The maximum Gasteiger partial charge on any atom is 0.305 e. The lowest BCUT2D eigenvalue weighted by Crippen LogP contribution is -2.32. The molecule has 4 nitrogen and oxygen atoms in total. The van der Waals surface area contributed by atoms with Gasteiger partial charge in [-0.3, -0.25) is 9.59 Å². The monoisotopic (exact) mass is 454 g/mol. The Balaban J connectivity index is 1.54. The molecule has 0 radical (unpaired) electrons. The van der Waals surface area contributed by atoms with Crippen LogP contribution in [-0.2, 0) is 16.0 Å². The minimum atomic E-state index is -0.372. The van der Waals surface area contributed by atoms with Gasteiger partial charge in [0.1, 0.15) is 10.8 Å². The van der Waals surface area contributed by atoms with Crippen LogP contribution in [0.4, 0.5) is 0 Å². The number of Topliss-reactive ketones (excluding diaryl/α,β-unsaturated/α-hetero) is 1. The molecule has 0 N–H and O–H groups in total. The highest BCUT2D eigenvalue weighted by Crippen LogP contribution is 2.52. The largest absolute Gasteiger partial charge is 0.492 e. The molecule has 30 heavy (non-hydrogen) atoms. The van der Waals surface area contributed by atoms with Gasteiger partial charge < -0.3 is 9.47 Å². The number of carbonyl (C=O) groups is 2. The van der Waals surface area contributed by atoms with E-state index >= 15 is 0 Å². The number of hydrogen-bond acceptors (Lipinski definition) is 4. The van der Waals surface area contributed by atoms with Crippen molar-refractivity contribution in [2.45, 2.75) is 78.1 Å². The van der Waals surface area contributed by atoms with Crippen LogP contribution in [-0.4, -0.2) is 25.0 Å². The van der Waals surface area contributed by atoms with E-state index in [2.05, 4.69) is 6.92 Å². The number of rotatable bonds is 10. The molecule has 1 saturated carbocycles. The third kappa shape index (κ3) is 4.96. The number of unbranched alkanes of at least 4 members (excludes halogenated alkanes) is 3. The molecule has 2 aliphatic carbocycles. The van der Waals surface area contributed by atoms with Gasteiger partial charge in [0.15, 0.2) is 5.78 Å². The van der Waals surface area contributed by atoms with E-state index in [1.165, 1.54) is 12.8 Å². The average molecular weight is 455 g/mol. The van der Waals surface area contributed by atoms with Crippen LogP contribution in [0, 0.1) is 11.3 Å². The number of ether oxygens (including phenoxy) is 2. The Bertz CT molecular complexity index is 786. The highest BCUT2D eigenvalue weighted by molar-refractivity contribution is 6.45. The number of hydrogen-bond donors (Lipinski definition) is 0. The van der Waals surface area contributed by atoms with Crippen LogP contribution in [0.2, 0.25) is 10.0 Å². The Hall–Kier alpha value is -1.26. The zero-order valence-corrected chi connectivity index (χ0v) is 19.5. The molecule has 0 saturated heterocycles. The van der Waals surface area contributed by atoms with E-state index in [0.29, 0.717) is 53.3 Å². The van der Waals surface area contributed by atoms with Crippen LogP contribution in [0.3, 0.4) is 0 Å². The van der Waals surface area contributed by atoms with E-state index in [4.69, 9.17) is 32.7 Å². The quantitative estimate of drug-likeness (QED) is 0.287. The van der Waals surface area contributed by atoms with Gasteiger partial charge in [0.05, 0.1) is 18.2 Å². The van der Waals surface area contributed by atoms with Crippen molar-refractivity contribution >= 4 is 35.0 Å². The first-order valence-corrected chi connectivity index (χ1v) is 12.0. The summed E-state index contributed by atoms with van der Waals surface area (Å²) < 4.78 is 10.8.